The third kappa shape index (κ3) is 6.66. The molecule has 1 aliphatic rings. The zero-order valence-corrected chi connectivity index (χ0v) is 20.4. The normalized spacial score (nSPS) is 15.8. The van der Waals surface area contributed by atoms with Crippen molar-refractivity contribution in [2.45, 2.75) is 46.1 Å². The molecule has 1 atom stereocenters. The molecule has 1 unspecified atom stereocenters. The van der Waals surface area contributed by atoms with Gasteiger partial charge in [0.05, 0.1) is 30.9 Å². The van der Waals surface area contributed by atoms with Crippen LogP contribution in [0.5, 0.6) is 0 Å². The summed E-state index contributed by atoms with van der Waals surface area (Å²) < 4.78 is 10.2. The van der Waals surface area contributed by atoms with Crippen molar-refractivity contribution >= 4 is 40.2 Å². The van der Waals surface area contributed by atoms with Crippen molar-refractivity contribution < 1.29 is 28.3 Å². The van der Waals surface area contributed by atoms with Crippen LogP contribution >= 0.6 is 11.3 Å². The number of nitrogens with zero attached hydrogens (tertiary/aromatic N) is 3. The summed E-state index contributed by atoms with van der Waals surface area (Å²) >= 11 is 1.21. The van der Waals surface area contributed by atoms with Gasteiger partial charge in [-0.3, -0.25) is 19.2 Å². The van der Waals surface area contributed by atoms with E-state index < -0.39 is 5.91 Å². The van der Waals surface area contributed by atoms with E-state index in [1.54, 1.807) is 29.3 Å². The second kappa shape index (κ2) is 11.8. The van der Waals surface area contributed by atoms with Gasteiger partial charge in [0.15, 0.2) is 10.9 Å². The van der Waals surface area contributed by atoms with E-state index in [0.29, 0.717) is 36.9 Å². The van der Waals surface area contributed by atoms with E-state index in [2.05, 4.69) is 10.3 Å². The number of hydrogen-bond donors (Lipinski definition) is 1. The molecule has 1 aliphatic heterocycles. The van der Waals surface area contributed by atoms with Crippen LogP contribution in [0.3, 0.4) is 0 Å². The molecule has 3 amide bonds. The average molecular weight is 491 g/mol. The number of thiazole rings is 1. The maximum atomic E-state index is 12.7. The Morgan fingerprint density at radius 3 is 2.82 bits per heavy atom. The summed E-state index contributed by atoms with van der Waals surface area (Å²) in [6.07, 6.45) is 2.95. The SMILES string of the molecule is CCOC(=O)C1CCCN(C(=O)Cc2csc(NC(=O)CN(C(=O)c3ccco3)C(C)C)n2)C1. The molecule has 184 valence electrons. The zero-order valence-electron chi connectivity index (χ0n) is 19.6. The number of anilines is 1. The van der Waals surface area contributed by atoms with Crippen LogP contribution in [-0.2, 0) is 25.5 Å². The second-order valence-corrected chi connectivity index (χ2v) is 9.16. The Hall–Kier alpha value is -3.21. The van der Waals surface area contributed by atoms with Crippen LogP contribution in [0.2, 0.25) is 0 Å². The van der Waals surface area contributed by atoms with Gasteiger partial charge in [-0.2, -0.15) is 0 Å². The standard InChI is InChI=1S/C23H30N4O6S/c1-4-32-22(31)16-7-5-9-26(12-16)20(29)11-17-14-34-23(24-17)25-19(28)13-27(15(2)3)21(30)18-8-6-10-33-18/h6,8,10,14-16H,4-5,7,9,11-13H2,1-3H3,(H,24,25,28). The number of carbonyl (C=O) groups is 4. The Bertz CT molecular complexity index is 1000. The van der Waals surface area contributed by atoms with E-state index >= 15 is 0 Å². The van der Waals surface area contributed by atoms with Crippen molar-refractivity contribution in [1.82, 2.24) is 14.8 Å². The first-order valence-electron chi connectivity index (χ1n) is 11.3. The number of nitrogens with one attached hydrogen (secondary N) is 1. The fourth-order valence-corrected chi connectivity index (χ4v) is 4.44. The molecule has 0 spiro atoms. The van der Waals surface area contributed by atoms with Gasteiger partial charge in [-0.25, -0.2) is 4.98 Å². The Morgan fingerprint density at radius 2 is 2.15 bits per heavy atom. The lowest BCUT2D eigenvalue weighted by Gasteiger charge is -2.31. The molecule has 0 aromatic carbocycles. The number of hydrogen-bond acceptors (Lipinski definition) is 8. The van der Waals surface area contributed by atoms with E-state index in [1.165, 1.54) is 22.5 Å². The van der Waals surface area contributed by atoms with E-state index in [0.717, 1.165) is 6.42 Å². The van der Waals surface area contributed by atoms with Gasteiger partial charge in [0.25, 0.3) is 5.91 Å². The Balaban J connectivity index is 1.53. The van der Waals surface area contributed by atoms with Crippen molar-refractivity contribution in [3.8, 4) is 0 Å². The highest BCUT2D eigenvalue weighted by Gasteiger charge is 2.29. The van der Waals surface area contributed by atoms with E-state index in [9.17, 15) is 19.2 Å². The number of amides is 3. The van der Waals surface area contributed by atoms with Crippen molar-refractivity contribution in [1.29, 1.82) is 0 Å². The Labute approximate surface area is 202 Å². The van der Waals surface area contributed by atoms with Gasteiger partial charge in [-0.05, 0) is 45.7 Å². The number of likely N-dealkylation sites (tertiary alicyclic amines) is 1. The molecule has 3 heterocycles. The lowest BCUT2D eigenvalue weighted by atomic mass is 9.98. The van der Waals surface area contributed by atoms with Crippen LogP contribution < -0.4 is 5.32 Å². The third-order valence-electron chi connectivity index (χ3n) is 5.45. The smallest absolute Gasteiger partial charge is 0.310 e. The first-order chi connectivity index (χ1) is 16.3. The molecular formula is C23H30N4O6S. The predicted octanol–water partition coefficient (Wildman–Crippen LogP) is 2.57. The lowest BCUT2D eigenvalue weighted by molar-refractivity contribution is -0.151. The average Bonchev–Trinajstić information content (AvgIpc) is 3.49. The van der Waals surface area contributed by atoms with Crippen molar-refractivity contribution in [2.75, 3.05) is 31.6 Å². The molecule has 0 aliphatic carbocycles. The molecule has 1 saturated heterocycles. The molecule has 0 bridgehead atoms. The molecule has 2 aromatic rings. The highest BCUT2D eigenvalue weighted by atomic mass is 32.1. The number of rotatable bonds is 9. The van der Waals surface area contributed by atoms with Gasteiger partial charge >= 0.3 is 5.97 Å². The van der Waals surface area contributed by atoms with Gasteiger partial charge in [0.2, 0.25) is 11.8 Å². The van der Waals surface area contributed by atoms with Crippen LogP contribution in [0, 0.1) is 5.92 Å². The van der Waals surface area contributed by atoms with Crippen LogP contribution in [0.25, 0.3) is 0 Å². The highest BCUT2D eigenvalue weighted by molar-refractivity contribution is 7.13. The minimum Gasteiger partial charge on any atom is -0.466 e. The monoisotopic (exact) mass is 490 g/mol. The van der Waals surface area contributed by atoms with E-state index in [-0.39, 0.29) is 48.5 Å². The molecule has 2 aromatic heterocycles. The van der Waals surface area contributed by atoms with Crippen LogP contribution in [-0.4, -0.2) is 70.8 Å². The summed E-state index contributed by atoms with van der Waals surface area (Å²) in [5, 5.41) is 4.76. The van der Waals surface area contributed by atoms with E-state index in [1.807, 2.05) is 13.8 Å². The third-order valence-corrected chi connectivity index (χ3v) is 6.26. The van der Waals surface area contributed by atoms with Gasteiger partial charge in [-0.15, -0.1) is 11.3 Å². The molecule has 1 N–H and O–H groups in total. The van der Waals surface area contributed by atoms with Crippen LogP contribution in [0.1, 0.15) is 49.9 Å². The molecule has 1 fully saturated rings. The number of piperidine rings is 1. The topological polar surface area (TPSA) is 122 Å². The summed E-state index contributed by atoms with van der Waals surface area (Å²) in [6, 6.07) is 2.96. The number of aromatic nitrogens is 1. The van der Waals surface area contributed by atoms with Crippen LogP contribution in [0.4, 0.5) is 5.13 Å². The maximum absolute atomic E-state index is 12.7. The van der Waals surface area contributed by atoms with Crippen LogP contribution in [0.15, 0.2) is 28.2 Å². The molecule has 10 nitrogen and oxygen atoms in total. The minimum atomic E-state index is -0.394. The van der Waals surface area contributed by atoms with Crippen molar-refractivity contribution in [3.05, 3.63) is 35.2 Å². The Kier molecular flexibility index (Phi) is 8.80. The van der Waals surface area contributed by atoms with Gasteiger partial charge in [0, 0.05) is 24.5 Å². The molecule has 3 rings (SSSR count). The number of furan rings is 1. The number of carbonyl (C=O) groups excluding carboxylic acids is 4. The molecule has 34 heavy (non-hydrogen) atoms. The summed E-state index contributed by atoms with van der Waals surface area (Å²) in [7, 11) is 0. The quantitative estimate of drug-likeness (QED) is 0.536. The maximum Gasteiger partial charge on any atom is 0.310 e. The first-order valence-corrected chi connectivity index (χ1v) is 12.2. The lowest BCUT2D eigenvalue weighted by Crippen LogP contribution is -2.43. The summed E-state index contributed by atoms with van der Waals surface area (Å²) in [6.45, 7) is 6.50. The van der Waals surface area contributed by atoms with E-state index in [4.69, 9.17) is 9.15 Å². The summed E-state index contributed by atoms with van der Waals surface area (Å²) in [4.78, 5) is 57.3. The van der Waals surface area contributed by atoms with Crippen molar-refractivity contribution in [3.63, 3.8) is 0 Å². The largest absolute Gasteiger partial charge is 0.466 e. The Morgan fingerprint density at radius 1 is 1.35 bits per heavy atom. The van der Waals surface area contributed by atoms with Gasteiger partial charge in [0.1, 0.15) is 6.54 Å². The highest BCUT2D eigenvalue weighted by Crippen LogP contribution is 2.21. The van der Waals surface area contributed by atoms with Gasteiger partial charge in [-0.1, -0.05) is 0 Å². The second-order valence-electron chi connectivity index (χ2n) is 8.30. The zero-order chi connectivity index (χ0) is 24.7. The predicted molar refractivity (Wildman–Crippen MR) is 125 cm³/mol. The summed E-state index contributed by atoms with van der Waals surface area (Å²) in [5.74, 6) is -1.28. The van der Waals surface area contributed by atoms with Gasteiger partial charge < -0.3 is 24.3 Å². The first kappa shape index (κ1) is 25.4. The summed E-state index contributed by atoms with van der Waals surface area (Å²) in [5.41, 5.74) is 0.538. The number of esters is 1. The number of ether oxygens (including phenoxy) is 1. The van der Waals surface area contributed by atoms with Crippen molar-refractivity contribution in [2.24, 2.45) is 5.92 Å². The molecule has 0 saturated carbocycles. The molecule has 0 radical (unpaired) electrons. The minimum absolute atomic E-state index is 0.0804. The fourth-order valence-electron chi connectivity index (χ4n) is 3.71. The molecule has 11 heteroatoms. The fraction of sp³-hybridized carbons (Fsp3) is 0.522. The molecular weight excluding hydrogens is 460 g/mol.